The predicted octanol–water partition coefficient (Wildman–Crippen LogP) is 1.31. The summed E-state index contributed by atoms with van der Waals surface area (Å²) >= 11 is 5.98. The maximum Gasteiger partial charge on any atom is 0.242 e. The molecule has 2 aliphatic heterocycles. The van der Waals surface area contributed by atoms with Crippen LogP contribution in [0.2, 0.25) is 5.02 Å². The van der Waals surface area contributed by atoms with E-state index in [4.69, 9.17) is 16.3 Å². The molecule has 0 aromatic heterocycles. The first-order valence-corrected chi connectivity index (χ1v) is 8.61. The van der Waals surface area contributed by atoms with Crippen LogP contribution in [0, 0.1) is 0 Å². The third-order valence-corrected chi connectivity index (χ3v) is 4.59. The van der Waals surface area contributed by atoms with Gasteiger partial charge in [0.1, 0.15) is 0 Å². The molecule has 3 rings (SSSR count). The van der Waals surface area contributed by atoms with Crippen LogP contribution in [-0.2, 0) is 20.9 Å². The van der Waals surface area contributed by atoms with Gasteiger partial charge in [-0.2, -0.15) is 0 Å². The highest BCUT2D eigenvalue weighted by molar-refractivity contribution is 6.30. The number of rotatable bonds is 4. The number of carbonyl (C=O) groups excluding carboxylic acids is 2. The summed E-state index contributed by atoms with van der Waals surface area (Å²) in [7, 11) is 0. The first kappa shape index (κ1) is 20.0. The van der Waals surface area contributed by atoms with Gasteiger partial charge in [-0.15, -0.1) is 12.4 Å². The Balaban J connectivity index is 0.00000225. The van der Waals surface area contributed by atoms with E-state index in [1.807, 2.05) is 24.3 Å². The zero-order chi connectivity index (χ0) is 16.9. The van der Waals surface area contributed by atoms with E-state index in [1.54, 1.807) is 9.80 Å². The maximum absolute atomic E-state index is 12.4. The normalized spacial score (nSPS) is 21.0. The van der Waals surface area contributed by atoms with Crippen molar-refractivity contribution in [1.29, 1.82) is 0 Å². The molecule has 0 aliphatic carbocycles. The van der Waals surface area contributed by atoms with Gasteiger partial charge >= 0.3 is 0 Å². The minimum absolute atomic E-state index is 0. The molecule has 1 atom stereocenters. The number of halogens is 2. The second-order valence-electron chi connectivity index (χ2n) is 6.19. The van der Waals surface area contributed by atoms with Crippen molar-refractivity contribution in [3.05, 3.63) is 34.9 Å². The number of hydrogen-bond acceptors (Lipinski definition) is 4. The molecule has 1 aromatic carbocycles. The number of piperazine rings is 1. The number of nitrogens with zero attached hydrogens (tertiary/aromatic N) is 2. The molecule has 1 N–H and O–H groups in total. The molecule has 138 valence electrons. The van der Waals surface area contributed by atoms with Crippen LogP contribution >= 0.6 is 24.0 Å². The third-order valence-electron chi connectivity index (χ3n) is 4.35. The monoisotopic (exact) mass is 387 g/mol. The summed E-state index contributed by atoms with van der Waals surface area (Å²) in [4.78, 5) is 28.1. The van der Waals surface area contributed by atoms with Crippen molar-refractivity contribution in [2.24, 2.45) is 0 Å². The summed E-state index contributed by atoms with van der Waals surface area (Å²) in [6.07, 6.45) is 0.377. The molecule has 2 saturated heterocycles. The molecule has 0 saturated carbocycles. The Bertz CT molecular complexity index is 609. The van der Waals surface area contributed by atoms with E-state index >= 15 is 0 Å². The lowest BCUT2D eigenvalue weighted by molar-refractivity contribution is -0.146. The smallest absolute Gasteiger partial charge is 0.242 e. The lowest BCUT2D eigenvalue weighted by Crippen LogP contribution is -2.53. The fourth-order valence-electron chi connectivity index (χ4n) is 3.03. The maximum atomic E-state index is 12.4. The third kappa shape index (κ3) is 5.57. The molecule has 1 aromatic rings. The van der Waals surface area contributed by atoms with Crippen molar-refractivity contribution >= 4 is 35.8 Å². The highest BCUT2D eigenvalue weighted by atomic mass is 35.5. The second-order valence-corrected chi connectivity index (χ2v) is 6.63. The number of hydrogen-bond donors (Lipinski definition) is 1. The quantitative estimate of drug-likeness (QED) is 0.845. The van der Waals surface area contributed by atoms with E-state index in [1.165, 1.54) is 0 Å². The fourth-order valence-corrected chi connectivity index (χ4v) is 3.25. The van der Waals surface area contributed by atoms with Crippen LogP contribution in [0.25, 0.3) is 0 Å². The van der Waals surface area contributed by atoms with E-state index in [0.717, 1.165) is 12.1 Å². The zero-order valence-corrected chi connectivity index (χ0v) is 15.5. The topological polar surface area (TPSA) is 61.9 Å². The average Bonchev–Trinajstić information content (AvgIpc) is 2.57. The van der Waals surface area contributed by atoms with E-state index in [9.17, 15) is 9.59 Å². The van der Waals surface area contributed by atoms with Crippen molar-refractivity contribution in [3.8, 4) is 0 Å². The number of amides is 2. The second kappa shape index (κ2) is 9.38. The van der Waals surface area contributed by atoms with Gasteiger partial charge in [-0.25, -0.2) is 0 Å². The Kier molecular flexibility index (Phi) is 7.50. The number of nitrogens with one attached hydrogen (secondary N) is 1. The van der Waals surface area contributed by atoms with Crippen LogP contribution in [0.15, 0.2) is 24.3 Å². The molecule has 0 bridgehead atoms. The fraction of sp³-hybridized carbons (Fsp3) is 0.529. The van der Waals surface area contributed by atoms with Crippen molar-refractivity contribution in [3.63, 3.8) is 0 Å². The molecule has 2 aliphatic rings. The molecule has 25 heavy (non-hydrogen) atoms. The molecular weight excluding hydrogens is 365 g/mol. The van der Waals surface area contributed by atoms with Crippen LogP contribution in [0.3, 0.4) is 0 Å². The number of morpholine rings is 1. The minimum atomic E-state index is -0.0255. The summed E-state index contributed by atoms with van der Waals surface area (Å²) in [6.45, 7) is 3.79. The molecule has 2 fully saturated rings. The largest absolute Gasteiger partial charge is 0.378 e. The Hall–Kier alpha value is -1.34. The Labute approximate surface area is 158 Å². The summed E-state index contributed by atoms with van der Waals surface area (Å²) in [6, 6.07) is 7.55. The summed E-state index contributed by atoms with van der Waals surface area (Å²) in [5.74, 6) is -0.0174. The van der Waals surface area contributed by atoms with Crippen molar-refractivity contribution < 1.29 is 14.3 Å². The Morgan fingerprint density at radius 3 is 2.88 bits per heavy atom. The predicted molar refractivity (Wildman–Crippen MR) is 97.9 cm³/mol. The first-order chi connectivity index (χ1) is 11.6. The lowest BCUT2D eigenvalue weighted by Gasteiger charge is -2.35. The van der Waals surface area contributed by atoms with Crippen LogP contribution in [0.4, 0.5) is 0 Å². The average molecular weight is 388 g/mol. The standard InChI is InChI=1S/C17H22ClN3O3.ClH/c18-14-3-1-2-13(8-14)10-20-5-6-21(11-17(20)23)16(22)9-15-12-24-7-4-19-15;/h1-3,8,15,19H,4-7,9-12H2;1H. The van der Waals surface area contributed by atoms with E-state index in [0.29, 0.717) is 44.3 Å². The molecule has 1 unspecified atom stereocenters. The molecular formula is C17H23Cl2N3O3. The lowest BCUT2D eigenvalue weighted by atomic mass is 10.1. The van der Waals surface area contributed by atoms with Gasteiger partial charge < -0.3 is 19.9 Å². The van der Waals surface area contributed by atoms with Gasteiger partial charge in [0.05, 0.1) is 19.8 Å². The number of benzene rings is 1. The van der Waals surface area contributed by atoms with Crippen molar-refractivity contribution in [2.45, 2.75) is 19.0 Å². The minimum Gasteiger partial charge on any atom is -0.378 e. The summed E-state index contributed by atoms with van der Waals surface area (Å²) in [5.41, 5.74) is 0.999. The van der Waals surface area contributed by atoms with Gasteiger partial charge in [0, 0.05) is 43.7 Å². The van der Waals surface area contributed by atoms with Crippen LogP contribution in [-0.4, -0.2) is 67.0 Å². The Morgan fingerprint density at radius 1 is 1.36 bits per heavy atom. The van der Waals surface area contributed by atoms with Crippen molar-refractivity contribution in [1.82, 2.24) is 15.1 Å². The molecule has 8 heteroatoms. The molecule has 2 amide bonds. The molecule has 2 heterocycles. The zero-order valence-electron chi connectivity index (χ0n) is 13.9. The van der Waals surface area contributed by atoms with Gasteiger partial charge in [0.2, 0.25) is 11.8 Å². The van der Waals surface area contributed by atoms with Crippen LogP contribution in [0.1, 0.15) is 12.0 Å². The number of ether oxygens (including phenoxy) is 1. The number of carbonyl (C=O) groups is 2. The van der Waals surface area contributed by atoms with Gasteiger partial charge in [-0.05, 0) is 17.7 Å². The van der Waals surface area contributed by atoms with E-state index in [2.05, 4.69) is 5.32 Å². The van der Waals surface area contributed by atoms with Crippen molar-refractivity contribution in [2.75, 3.05) is 39.4 Å². The van der Waals surface area contributed by atoms with Crippen LogP contribution < -0.4 is 5.32 Å². The molecule has 0 spiro atoms. The summed E-state index contributed by atoms with van der Waals surface area (Å²) < 4.78 is 5.37. The van der Waals surface area contributed by atoms with Gasteiger partial charge in [0.15, 0.2) is 0 Å². The molecule has 0 radical (unpaired) electrons. The summed E-state index contributed by atoms with van der Waals surface area (Å²) in [5, 5.41) is 3.93. The first-order valence-electron chi connectivity index (χ1n) is 8.23. The highest BCUT2D eigenvalue weighted by Gasteiger charge is 2.28. The van der Waals surface area contributed by atoms with Crippen LogP contribution in [0.5, 0.6) is 0 Å². The van der Waals surface area contributed by atoms with Gasteiger partial charge in [-0.1, -0.05) is 23.7 Å². The van der Waals surface area contributed by atoms with Gasteiger partial charge in [0.25, 0.3) is 0 Å². The Morgan fingerprint density at radius 2 is 2.20 bits per heavy atom. The highest BCUT2D eigenvalue weighted by Crippen LogP contribution is 2.15. The molecule has 6 nitrogen and oxygen atoms in total. The van der Waals surface area contributed by atoms with E-state index in [-0.39, 0.29) is 36.8 Å². The SMILES string of the molecule is Cl.O=C(CC1COCCN1)N1CCN(Cc2cccc(Cl)c2)C(=O)C1. The van der Waals surface area contributed by atoms with Gasteiger partial charge in [-0.3, -0.25) is 9.59 Å². The van der Waals surface area contributed by atoms with E-state index < -0.39 is 0 Å².